The van der Waals surface area contributed by atoms with Crippen LogP contribution >= 0.6 is 0 Å². The predicted octanol–water partition coefficient (Wildman–Crippen LogP) is 4.66. The van der Waals surface area contributed by atoms with Crippen LogP contribution in [0.25, 0.3) is 0 Å². The minimum atomic E-state index is -4.22. The molecule has 1 unspecified atom stereocenters. The van der Waals surface area contributed by atoms with Crippen LogP contribution in [0.3, 0.4) is 0 Å². The summed E-state index contributed by atoms with van der Waals surface area (Å²) in [7, 11) is 0. The molecule has 0 spiro atoms. The van der Waals surface area contributed by atoms with Crippen molar-refractivity contribution in [2.75, 3.05) is 13.2 Å². The minimum Gasteiger partial charge on any atom is -0.493 e. The number of carbonyl (C=O) groups is 1. The Balaban J connectivity index is 1.95. The number of alkyl halides is 3. The van der Waals surface area contributed by atoms with Crippen LogP contribution < -0.4 is 10.1 Å². The predicted molar refractivity (Wildman–Crippen MR) is 102 cm³/mol. The van der Waals surface area contributed by atoms with Crippen molar-refractivity contribution in [1.82, 2.24) is 5.32 Å². The molecule has 28 heavy (non-hydrogen) atoms. The van der Waals surface area contributed by atoms with Crippen LogP contribution in [0.15, 0.2) is 48.5 Å². The Morgan fingerprint density at radius 1 is 1.04 bits per heavy atom. The van der Waals surface area contributed by atoms with E-state index >= 15 is 0 Å². The third kappa shape index (κ3) is 6.99. The first-order chi connectivity index (χ1) is 13.3. The average Bonchev–Trinajstić information content (AvgIpc) is 2.66. The van der Waals surface area contributed by atoms with Gasteiger partial charge in [-0.2, -0.15) is 13.2 Å². The maximum Gasteiger partial charge on any atom is 0.392 e. The zero-order valence-electron chi connectivity index (χ0n) is 15.8. The lowest BCUT2D eigenvalue weighted by Gasteiger charge is -2.11. The van der Waals surface area contributed by atoms with E-state index in [-0.39, 0.29) is 11.8 Å². The average molecular weight is 389 g/mol. The minimum absolute atomic E-state index is 0.0149. The number of amides is 1. The van der Waals surface area contributed by atoms with Gasteiger partial charge in [-0.15, -0.1) is 0 Å². The quantitative estimate of drug-likeness (QED) is 0.730. The number of benzene rings is 2. The van der Waals surface area contributed by atoms with Crippen molar-refractivity contribution in [2.24, 2.45) is 0 Å². The molecule has 0 saturated carbocycles. The SMILES string of the molecule is CCNC(=O)C(C)c1ccc(C#Cc2ccc(OCCC(F)(F)F)cc2)cc1. The monoisotopic (exact) mass is 389 g/mol. The molecule has 0 fully saturated rings. The molecule has 2 aromatic carbocycles. The molecule has 2 aromatic rings. The number of halogens is 3. The molecule has 0 saturated heterocycles. The van der Waals surface area contributed by atoms with Gasteiger partial charge in [-0.1, -0.05) is 24.0 Å². The molecule has 1 atom stereocenters. The van der Waals surface area contributed by atoms with Crippen LogP contribution in [0.1, 0.15) is 42.9 Å². The number of ether oxygens (including phenoxy) is 1. The highest BCUT2D eigenvalue weighted by Crippen LogP contribution is 2.20. The maximum atomic E-state index is 12.1. The molecule has 0 radical (unpaired) electrons. The standard InChI is InChI=1S/C22H22F3NO2/c1-3-26-21(27)16(2)19-10-6-17(7-11-19)4-5-18-8-12-20(13-9-18)28-15-14-22(23,24)25/h6-13,16H,3,14-15H2,1-2H3,(H,26,27). The van der Waals surface area contributed by atoms with Gasteiger partial charge in [0.1, 0.15) is 5.75 Å². The molecule has 1 N–H and O–H groups in total. The fourth-order valence-electron chi connectivity index (χ4n) is 2.40. The van der Waals surface area contributed by atoms with Gasteiger partial charge in [0.2, 0.25) is 5.91 Å². The van der Waals surface area contributed by atoms with Crippen LogP contribution in [0.2, 0.25) is 0 Å². The van der Waals surface area contributed by atoms with Crippen molar-refractivity contribution in [1.29, 1.82) is 0 Å². The largest absolute Gasteiger partial charge is 0.493 e. The van der Waals surface area contributed by atoms with Gasteiger partial charge in [-0.3, -0.25) is 4.79 Å². The first-order valence-electron chi connectivity index (χ1n) is 8.98. The fourth-order valence-corrected chi connectivity index (χ4v) is 2.40. The molecule has 6 heteroatoms. The summed E-state index contributed by atoms with van der Waals surface area (Å²) in [6, 6.07) is 14.0. The summed E-state index contributed by atoms with van der Waals surface area (Å²) in [5.41, 5.74) is 2.44. The van der Waals surface area contributed by atoms with Crippen molar-refractivity contribution >= 4 is 5.91 Å². The van der Waals surface area contributed by atoms with Gasteiger partial charge in [0.05, 0.1) is 18.9 Å². The van der Waals surface area contributed by atoms with Crippen molar-refractivity contribution in [3.63, 3.8) is 0 Å². The molecular formula is C22H22F3NO2. The van der Waals surface area contributed by atoms with Gasteiger partial charge in [0.15, 0.2) is 0 Å². The Labute approximate surface area is 162 Å². The normalized spacial score (nSPS) is 11.9. The molecule has 148 valence electrons. The highest BCUT2D eigenvalue weighted by atomic mass is 19.4. The number of rotatable bonds is 6. The molecule has 0 aliphatic rings. The van der Waals surface area contributed by atoms with Crippen molar-refractivity contribution < 1.29 is 22.7 Å². The lowest BCUT2D eigenvalue weighted by Crippen LogP contribution is -2.27. The molecule has 0 aromatic heterocycles. The summed E-state index contributed by atoms with van der Waals surface area (Å²) in [5.74, 6) is 6.15. The van der Waals surface area contributed by atoms with E-state index in [2.05, 4.69) is 17.2 Å². The summed E-state index contributed by atoms with van der Waals surface area (Å²) in [4.78, 5) is 11.9. The number of carbonyl (C=O) groups excluding carboxylic acids is 1. The number of nitrogens with one attached hydrogen (secondary N) is 1. The van der Waals surface area contributed by atoms with Gasteiger partial charge >= 0.3 is 6.18 Å². The summed E-state index contributed by atoms with van der Waals surface area (Å²) < 4.78 is 41.4. The molecule has 2 rings (SSSR count). The van der Waals surface area contributed by atoms with Crippen molar-refractivity contribution in [2.45, 2.75) is 32.4 Å². The topological polar surface area (TPSA) is 38.3 Å². The van der Waals surface area contributed by atoms with E-state index in [1.165, 1.54) is 0 Å². The highest BCUT2D eigenvalue weighted by Gasteiger charge is 2.26. The summed E-state index contributed by atoms with van der Waals surface area (Å²) in [6.07, 6.45) is -5.21. The Morgan fingerprint density at radius 3 is 2.07 bits per heavy atom. The van der Waals surface area contributed by atoms with E-state index in [1.54, 1.807) is 24.3 Å². The summed E-state index contributed by atoms with van der Waals surface area (Å²) >= 11 is 0. The molecule has 0 heterocycles. The van der Waals surface area contributed by atoms with E-state index in [1.807, 2.05) is 38.1 Å². The lowest BCUT2D eigenvalue weighted by molar-refractivity contribution is -0.139. The van der Waals surface area contributed by atoms with Gasteiger partial charge in [-0.25, -0.2) is 0 Å². The second-order valence-electron chi connectivity index (χ2n) is 6.23. The highest BCUT2D eigenvalue weighted by molar-refractivity contribution is 5.83. The Morgan fingerprint density at radius 2 is 1.57 bits per heavy atom. The van der Waals surface area contributed by atoms with E-state index in [0.29, 0.717) is 12.3 Å². The zero-order valence-corrected chi connectivity index (χ0v) is 15.8. The lowest BCUT2D eigenvalue weighted by atomic mass is 9.99. The fraction of sp³-hybridized carbons (Fsp3) is 0.318. The van der Waals surface area contributed by atoms with Gasteiger partial charge < -0.3 is 10.1 Å². The molecule has 1 amide bonds. The second-order valence-corrected chi connectivity index (χ2v) is 6.23. The molecule has 0 bridgehead atoms. The number of likely N-dealkylation sites (N-methyl/N-ethyl adjacent to an activating group) is 1. The van der Waals surface area contributed by atoms with Gasteiger partial charge in [0.25, 0.3) is 0 Å². The Hall–Kier alpha value is -2.94. The first kappa shape index (κ1) is 21.4. The van der Waals surface area contributed by atoms with Crippen LogP contribution in [-0.2, 0) is 4.79 Å². The smallest absolute Gasteiger partial charge is 0.392 e. The third-order valence-electron chi connectivity index (χ3n) is 4.01. The van der Waals surface area contributed by atoms with Crippen LogP contribution in [0, 0.1) is 11.8 Å². The van der Waals surface area contributed by atoms with E-state index in [4.69, 9.17) is 4.74 Å². The maximum absolute atomic E-state index is 12.1. The van der Waals surface area contributed by atoms with E-state index in [9.17, 15) is 18.0 Å². The van der Waals surface area contributed by atoms with Gasteiger partial charge in [0, 0.05) is 17.7 Å². The van der Waals surface area contributed by atoms with Crippen molar-refractivity contribution in [3.05, 3.63) is 65.2 Å². The third-order valence-corrected chi connectivity index (χ3v) is 4.01. The first-order valence-corrected chi connectivity index (χ1v) is 8.98. The van der Waals surface area contributed by atoms with Crippen molar-refractivity contribution in [3.8, 4) is 17.6 Å². The second kappa shape index (κ2) is 9.84. The Bertz CT molecular complexity index is 831. The van der Waals surface area contributed by atoms with E-state index in [0.717, 1.165) is 16.7 Å². The summed E-state index contributed by atoms with van der Waals surface area (Å²) in [6.45, 7) is 3.92. The zero-order chi connectivity index (χ0) is 20.6. The molecule has 3 nitrogen and oxygen atoms in total. The van der Waals surface area contributed by atoms with E-state index < -0.39 is 19.2 Å². The Kier molecular flexibility index (Phi) is 7.51. The van der Waals surface area contributed by atoms with Crippen LogP contribution in [-0.4, -0.2) is 25.2 Å². The molecular weight excluding hydrogens is 367 g/mol. The molecule has 0 aliphatic carbocycles. The molecule has 0 aliphatic heterocycles. The van der Waals surface area contributed by atoms with Crippen LogP contribution in [0.5, 0.6) is 5.75 Å². The number of hydrogen-bond acceptors (Lipinski definition) is 2. The van der Waals surface area contributed by atoms with Crippen LogP contribution in [0.4, 0.5) is 13.2 Å². The summed E-state index contributed by atoms with van der Waals surface area (Å²) in [5, 5.41) is 2.80. The number of hydrogen-bond donors (Lipinski definition) is 1. The van der Waals surface area contributed by atoms with Gasteiger partial charge in [-0.05, 0) is 55.8 Å².